The number of fused-ring (bicyclic) bond motifs is 1. The maximum absolute atomic E-state index is 6.06. The van der Waals surface area contributed by atoms with Gasteiger partial charge in [0, 0.05) is 6.42 Å². The third-order valence-corrected chi connectivity index (χ3v) is 3.57. The normalized spacial score (nSPS) is 17.7. The molecule has 2 aromatic heterocycles. The number of halogens is 1. The van der Waals surface area contributed by atoms with Crippen molar-refractivity contribution >= 4 is 17.2 Å². The van der Waals surface area contributed by atoms with E-state index in [9.17, 15) is 0 Å². The highest BCUT2D eigenvalue weighted by Crippen LogP contribution is 2.17. The van der Waals surface area contributed by atoms with Crippen molar-refractivity contribution in [3.05, 3.63) is 29.2 Å². The van der Waals surface area contributed by atoms with Crippen LogP contribution in [0.15, 0.2) is 18.2 Å². The van der Waals surface area contributed by atoms with Crippen molar-refractivity contribution in [3.63, 3.8) is 0 Å². The molecule has 0 aromatic carbocycles. The summed E-state index contributed by atoms with van der Waals surface area (Å²) in [7, 11) is 0. The first-order valence-electron chi connectivity index (χ1n) is 6.04. The Kier molecular flexibility index (Phi) is 2.99. The Morgan fingerprint density at radius 1 is 1.35 bits per heavy atom. The SMILES string of the molecule is Clc1cccc2nc(CC3CCNCC3)nn12. The van der Waals surface area contributed by atoms with Gasteiger partial charge in [-0.3, -0.25) is 0 Å². The van der Waals surface area contributed by atoms with Gasteiger partial charge < -0.3 is 5.32 Å². The fourth-order valence-corrected chi connectivity index (χ4v) is 2.55. The number of rotatable bonds is 2. The molecule has 0 spiro atoms. The molecule has 0 radical (unpaired) electrons. The Balaban J connectivity index is 1.83. The lowest BCUT2D eigenvalue weighted by Gasteiger charge is -2.20. The monoisotopic (exact) mass is 250 g/mol. The molecule has 1 N–H and O–H groups in total. The average molecular weight is 251 g/mol. The Hall–Kier alpha value is -1.13. The molecule has 1 saturated heterocycles. The lowest BCUT2D eigenvalue weighted by atomic mass is 9.94. The first kappa shape index (κ1) is 11.0. The van der Waals surface area contributed by atoms with Gasteiger partial charge in [-0.2, -0.15) is 0 Å². The van der Waals surface area contributed by atoms with Crippen LogP contribution in [0, 0.1) is 5.92 Å². The van der Waals surface area contributed by atoms with E-state index in [4.69, 9.17) is 11.6 Å². The average Bonchev–Trinajstić information content (AvgIpc) is 2.74. The Morgan fingerprint density at radius 2 is 2.18 bits per heavy atom. The third-order valence-electron chi connectivity index (χ3n) is 3.29. The van der Waals surface area contributed by atoms with Crippen LogP contribution in [0.4, 0.5) is 0 Å². The molecular weight excluding hydrogens is 236 g/mol. The highest BCUT2D eigenvalue weighted by atomic mass is 35.5. The molecule has 1 fully saturated rings. The maximum atomic E-state index is 6.06. The summed E-state index contributed by atoms with van der Waals surface area (Å²) in [6.07, 6.45) is 3.38. The predicted molar refractivity (Wildman–Crippen MR) is 67.3 cm³/mol. The molecule has 5 heteroatoms. The van der Waals surface area contributed by atoms with Gasteiger partial charge in [0.1, 0.15) is 5.15 Å². The summed E-state index contributed by atoms with van der Waals surface area (Å²) in [6, 6.07) is 5.67. The van der Waals surface area contributed by atoms with Gasteiger partial charge in [0.15, 0.2) is 11.5 Å². The Labute approximate surface area is 105 Å². The minimum atomic E-state index is 0.617. The van der Waals surface area contributed by atoms with E-state index in [1.165, 1.54) is 12.8 Å². The largest absolute Gasteiger partial charge is 0.317 e. The van der Waals surface area contributed by atoms with E-state index in [1.807, 2.05) is 18.2 Å². The summed E-state index contributed by atoms with van der Waals surface area (Å²) in [5, 5.41) is 8.45. The molecule has 0 bridgehead atoms. The first-order chi connectivity index (χ1) is 8.33. The first-order valence-corrected chi connectivity index (χ1v) is 6.41. The summed E-state index contributed by atoms with van der Waals surface area (Å²) < 4.78 is 1.71. The summed E-state index contributed by atoms with van der Waals surface area (Å²) in [4.78, 5) is 4.51. The van der Waals surface area contributed by atoms with E-state index in [0.717, 1.165) is 31.0 Å². The highest BCUT2D eigenvalue weighted by molar-refractivity contribution is 6.29. The van der Waals surface area contributed by atoms with Gasteiger partial charge in [-0.25, -0.2) is 9.50 Å². The van der Waals surface area contributed by atoms with Gasteiger partial charge in [-0.15, -0.1) is 5.10 Å². The summed E-state index contributed by atoms with van der Waals surface area (Å²) >= 11 is 6.06. The number of hydrogen-bond acceptors (Lipinski definition) is 3. The summed E-state index contributed by atoms with van der Waals surface area (Å²) in [6.45, 7) is 2.22. The second-order valence-electron chi connectivity index (χ2n) is 4.54. The van der Waals surface area contributed by atoms with Crippen LogP contribution in [0.1, 0.15) is 18.7 Å². The molecule has 4 nitrogen and oxygen atoms in total. The van der Waals surface area contributed by atoms with Crippen molar-refractivity contribution in [3.8, 4) is 0 Å². The molecule has 0 aliphatic carbocycles. The zero-order chi connectivity index (χ0) is 11.7. The minimum Gasteiger partial charge on any atom is -0.317 e. The Bertz CT molecular complexity index is 516. The van der Waals surface area contributed by atoms with Gasteiger partial charge in [-0.1, -0.05) is 17.7 Å². The number of pyridine rings is 1. The lowest BCUT2D eigenvalue weighted by Crippen LogP contribution is -2.28. The summed E-state index contributed by atoms with van der Waals surface area (Å²) in [5.74, 6) is 1.61. The van der Waals surface area contributed by atoms with Crippen molar-refractivity contribution in [2.45, 2.75) is 19.3 Å². The van der Waals surface area contributed by atoms with Gasteiger partial charge >= 0.3 is 0 Å². The molecule has 2 aromatic rings. The van der Waals surface area contributed by atoms with E-state index in [0.29, 0.717) is 11.1 Å². The number of aromatic nitrogens is 3. The van der Waals surface area contributed by atoms with Crippen LogP contribution in [-0.4, -0.2) is 27.7 Å². The van der Waals surface area contributed by atoms with E-state index < -0.39 is 0 Å². The van der Waals surface area contributed by atoms with Gasteiger partial charge in [0.05, 0.1) is 0 Å². The van der Waals surface area contributed by atoms with E-state index >= 15 is 0 Å². The molecule has 0 atom stereocenters. The van der Waals surface area contributed by atoms with E-state index in [2.05, 4.69) is 15.4 Å². The maximum Gasteiger partial charge on any atom is 0.157 e. The number of hydrogen-bond donors (Lipinski definition) is 1. The van der Waals surface area contributed by atoms with Crippen molar-refractivity contribution in [1.82, 2.24) is 19.9 Å². The van der Waals surface area contributed by atoms with E-state index in [-0.39, 0.29) is 0 Å². The van der Waals surface area contributed by atoms with Crippen LogP contribution in [0.3, 0.4) is 0 Å². The second kappa shape index (κ2) is 4.63. The van der Waals surface area contributed by atoms with Gasteiger partial charge in [0.2, 0.25) is 0 Å². The molecule has 1 aliphatic rings. The van der Waals surface area contributed by atoms with E-state index in [1.54, 1.807) is 4.52 Å². The van der Waals surface area contributed by atoms with Crippen LogP contribution in [-0.2, 0) is 6.42 Å². The third kappa shape index (κ3) is 2.28. The van der Waals surface area contributed by atoms with Gasteiger partial charge in [-0.05, 0) is 44.0 Å². The smallest absolute Gasteiger partial charge is 0.157 e. The quantitative estimate of drug-likeness (QED) is 0.829. The van der Waals surface area contributed by atoms with Crippen LogP contribution >= 0.6 is 11.6 Å². The topological polar surface area (TPSA) is 42.2 Å². The fourth-order valence-electron chi connectivity index (χ4n) is 2.35. The van der Waals surface area contributed by atoms with Crippen molar-refractivity contribution in [1.29, 1.82) is 0 Å². The molecule has 0 unspecified atom stereocenters. The minimum absolute atomic E-state index is 0.617. The second-order valence-corrected chi connectivity index (χ2v) is 4.93. The highest BCUT2D eigenvalue weighted by Gasteiger charge is 2.16. The molecule has 3 heterocycles. The van der Waals surface area contributed by atoms with Gasteiger partial charge in [0.25, 0.3) is 0 Å². The van der Waals surface area contributed by atoms with Crippen LogP contribution < -0.4 is 5.32 Å². The Morgan fingerprint density at radius 3 is 2.94 bits per heavy atom. The van der Waals surface area contributed by atoms with Crippen molar-refractivity contribution in [2.75, 3.05) is 13.1 Å². The lowest BCUT2D eigenvalue weighted by molar-refractivity contribution is 0.367. The van der Waals surface area contributed by atoms with Crippen LogP contribution in [0.25, 0.3) is 5.65 Å². The predicted octanol–water partition coefficient (Wildman–Crippen LogP) is 1.92. The standard InChI is InChI=1S/C12H15ClN4/c13-10-2-1-3-12-15-11(16-17(10)12)8-9-4-6-14-7-5-9/h1-3,9,14H,4-8H2. The number of piperidine rings is 1. The number of nitrogens with one attached hydrogen (secondary N) is 1. The zero-order valence-corrected chi connectivity index (χ0v) is 10.3. The molecule has 1 aliphatic heterocycles. The molecule has 17 heavy (non-hydrogen) atoms. The molecular formula is C12H15ClN4. The van der Waals surface area contributed by atoms with Crippen molar-refractivity contribution in [2.24, 2.45) is 5.92 Å². The van der Waals surface area contributed by atoms with Crippen molar-refractivity contribution < 1.29 is 0 Å². The number of nitrogens with zero attached hydrogens (tertiary/aromatic N) is 3. The fraction of sp³-hybridized carbons (Fsp3) is 0.500. The zero-order valence-electron chi connectivity index (χ0n) is 9.56. The molecule has 90 valence electrons. The molecule has 0 saturated carbocycles. The summed E-state index contributed by atoms with van der Waals surface area (Å²) in [5.41, 5.74) is 0.835. The molecule has 3 rings (SSSR count). The van der Waals surface area contributed by atoms with Crippen LogP contribution in [0.5, 0.6) is 0 Å². The van der Waals surface area contributed by atoms with Crippen LogP contribution in [0.2, 0.25) is 5.15 Å². The molecule has 0 amide bonds.